The van der Waals surface area contributed by atoms with Gasteiger partial charge in [-0.1, -0.05) is 0 Å². The minimum atomic E-state index is -1.05. The molecule has 0 saturated carbocycles. The van der Waals surface area contributed by atoms with Crippen LogP contribution in [0.15, 0.2) is 24.7 Å². The number of pyridine rings is 1. The maximum atomic E-state index is 10.7. The summed E-state index contributed by atoms with van der Waals surface area (Å²) in [5.74, 6) is 0.176. The van der Waals surface area contributed by atoms with Crippen LogP contribution in [0.2, 0.25) is 0 Å². The molecular formula is C10H10N4O2. The predicted molar refractivity (Wildman–Crippen MR) is 57.5 cm³/mol. The van der Waals surface area contributed by atoms with E-state index >= 15 is 0 Å². The first-order chi connectivity index (χ1) is 7.59. The van der Waals surface area contributed by atoms with E-state index in [0.29, 0.717) is 11.5 Å². The number of aromatic nitrogens is 3. The van der Waals surface area contributed by atoms with Crippen LogP contribution in [0, 0.1) is 6.92 Å². The summed E-state index contributed by atoms with van der Waals surface area (Å²) in [6.07, 6.45) is 4.61. The van der Waals surface area contributed by atoms with E-state index in [1.54, 1.807) is 17.0 Å². The monoisotopic (exact) mass is 218 g/mol. The summed E-state index contributed by atoms with van der Waals surface area (Å²) in [7, 11) is 0. The van der Waals surface area contributed by atoms with Gasteiger partial charge in [0, 0.05) is 18.6 Å². The highest BCUT2D eigenvalue weighted by atomic mass is 16.4. The number of aryl methyl sites for hydroxylation is 1. The molecule has 3 N–H and O–H groups in total. The molecule has 2 rings (SSSR count). The molecule has 0 bridgehead atoms. The lowest BCUT2D eigenvalue weighted by Crippen LogP contribution is -2.06. The van der Waals surface area contributed by atoms with Gasteiger partial charge in [-0.25, -0.2) is 14.8 Å². The number of aromatic carboxylic acids is 1. The predicted octanol–water partition coefficient (Wildman–Crippen LogP) is 0.856. The Morgan fingerprint density at radius 1 is 1.50 bits per heavy atom. The molecule has 0 amide bonds. The maximum absolute atomic E-state index is 10.7. The normalized spacial score (nSPS) is 10.3. The van der Waals surface area contributed by atoms with Crippen molar-refractivity contribution in [2.24, 2.45) is 0 Å². The summed E-state index contributed by atoms with van der Waals surface area (Å²) in [4.78, 5) is 18.8. The molecule has 16 heavy (non-hydrogen) atoms. The molecule has 0 saturated heterocycles. The number of imidazole rings is 1. The average Bonchev–Trinajstić information content (AvgIpc) is 2.64. The van der Waals surface area contributed by atoms with Gasteiger partial charge >= 0.3 is 5.97 Å². The second-order valence-corrected chi connectivity index (χ2v) is 3.29. The van der Waals surface area contributed by atoms with E-state index in [2.05, 4.69) is 9.97 Å². The zero-order valence-electron chi connectivity index (χ0n) is 8.58. The van der Waals surface area contributed by atoms with Crippen LogP contribution in [0.5, 0.6) is 0 Å². The van der Waals surface area contributed by atoms with Gasteiger partial charge in [0.1, 0.15) is 5.82 Å². The Morgan fingerprint density at radius 3 is 2.75 bits per heavy atom. The van der Waals surface area contributed by atoms with Gasteiger partial charge in [0.05, 0.1) is 11.3 Å². The third-order valence-corrected chi connectivity index (χ3v) is 2.20. The van der Waals surface area contributed by atoms with Crippen LogP contribution < -0.4 is 5.73 Å². The smallest absolute Gasteiger partial charge is 0.337 e. The molecule has 0 spiro atoms. The number of nitrogens with zero attached hydrogens (tertiary/aromatic N) is 3. The molecule has 6 heteroatoms. The van der Waals surface area contributed by atoms with E-state index in [0.717, 1.165) is 5.82 Å². The van der Waals surface area contributed by atoms with Crippen molar-refractivity contribution < 1.29 is 9.90 Å². The molecule has 82 valence electrons. The van der Waals surface area contributed by atoms with E-state index in [4.69, 9.17) is 10.8 Å². The van der Waals surface area contributed by atoms with Crippen molar-refractivity contribution in [3.05, 3.63) is 36.0 Å². The van der Waals surface area contributed by atoms with Crippen LogP contribution >= 0.6 is 0 Å². The molecular weight excluding hydrogens is 208 g/mol. The van der Waals surface area contributed by atoms with Crippen molar-refractivity contribution in [3.63, 3.8) is 0 Å². The van der Waals surface area contributed by atoms with E-state index in [1.165, 1.54) is 12.3 Å². The third kappa shape index (κ3) is 1.60. The fourth-order valence-electron chi connectivity index (χ4n) is 1.39. The molecule has 0 radical (unpaired) electrons. The van der Waals surface area contributed by atoms with Gasteiger partial charge in [0.15, 0.2) is 5.82 Å². The van der Waals surface area contributed by atoms with Crippen LogP contribution in [0.3, 0.4) is 0 Å². The molecule has 0 aliphatic carbocycles. The van der Waals surface area contributed by atoms with Crippen molar-refractivity contribution in [1.82, 2.24) is 14.5 Å². The van der Waals surface area contributed by atoms with Gasteiger partial charge in [-0.15, -0.1) is 0 Å². The average molecular weight is 218 g/mol. The van der Waals surface area contributed by atoms with E-state index in [1.807, 2.05) is 6.92 Å². The summed E-state index contributed by atoms with van der Waals surface area (Å²) >= 11 is 0. The Hall–Kier alpha value is -2.37. The highest BCUT2D eigenvalue weighted by Crippen LogP contribution is 2.16. The Balaban J connectivity index is 2.52. The van der Waals surface area contributed by atoms with Crippen molar-refractivity contribution in [3.8, 4) is 5.82 Å². The second kappa shape index (κ2) is 3.65. The second-order valence-electron chi connectivity index (χ2n) is 3.29. The highest BCUT2D eigenvalue weighted by molar-refractivity contribution is 5.88. The summed E-state index contributed by atoms with van der Waals surface area (Å²) < 4.78 is 1.70. The molecule has 6 nitrogen and oxygen atoms in total. The molecule has 0 aliphatic rings. The molecule has 0 atom stereocenters. The van der Waals surface area contributed by atoms with Gasteiger partial charge in [-0.05, 0) is 13.0 Å². The molecule has 0 aliphatic heterocycles. The number of nitrogens with two attached hydrogens (primary N) is 1. The molecule has 2 heterocycles. The third-order valence-electron chi connectivity index (χ3n) is 2.20. The highest BCUT2D eigenvalue weighted by Gasteiger charge is 2.10. The van der Waals surface area contributed by atoms with Gasteiger partial charge < -0.3 is 10.8 Å². The van der Waals surface area contributed by atoms with Gasteiger partial charge in [-0.3, -0.25) is 4.57 Å². The van der Waals surface area contributed by atoms with Crippen LogP contribution in [0.25, 0.3) is 5.82 Å². The zero-order chi connectivity index (χ0) is 11.7. The lowest BCUT2D eigenvalue weighted by Gasteiger charge is -2.07. The van der Waals surface area contributed by atoms with Crippen molar-refractivity contribution in [1.29, 1.82) is 0 Å². The molecule has 2 aromatic heterocycles. The van der Waals surface area contributed by atoms with Crippen LogP contribution in [0.4, 0.5) is 5.69 Å². The van der Waals surface area contributed by atoms with Crippen molar-refractivity contribution in [2.75, 3.05) is 5.73 Å². The SMILES string of the molecule is Cc1nccn1-c1ncc(C(=O)O)cc1N. The number of carboxylic acid groups (broad SMARTS) is 1. The first kappa shape index (κ1) is 10.2. The fourth-order valence-corrected chi connectivity index (χ4v) is 1.39. The van der Waals surface area contributed by atoms with E-state index < -0.39 is 5.97 Å². The number of hydrogen-bond acceptors (Lipinski definition) is 4. The molecule has 2 aromatic rings. The number of anilines is 1. The Bertz CT molecular complexity index is 548. The Morgan fingerprint density at radius 2 is 2.25 bits per heavy atom. The fraction of sp³-hybridized carbons (Fsp3) is 0.100. The lowest BCUT2D eigenvalue weighted by atomic mass is 10.2. The van der Waals surface area contributed by atoms with Crippen LogP contribution in [-0.2, 0) is 0 Å². The summed E-state index contributed by atoms with van der Waals surface area (Å²) in [6.45, 7) is 1.81. The minimum absolute atomic E-state index is 0.0685. The quantitative estimate of drug-likeness (QED) is 0.779. The minimum Gasteiger partial charge on any atom is -0.478 e. The molecule has 0 unspecified atom stereocenters. The van der Waals surface area contributed by atoms with Crippen molar-refractivity contribution in [2.45, 2.75) is 6.92 Å². The largest absolute Gasteiger partial charge is 0.478 e. The first-order valence-electron chi connectivity index (χ1n) is 4.58. The molecule has 0 aromatic carbocycles. The number of rotatable bonds is 2. The van der Waals surface area contributed by atoms with Gasteiger partial charge in [0.2, 0.25) is 0 Å². The standard InChI is InChI=1S/C10H10N4O2/c1-6-12-2-3-14(6)9-8(11)4-7(5-13-9)10(15)16/h2-5H,11H2,1H3,(H,15,16). The Labute approximate surface area is 91.4 Å². The van der Waals surface area contributed by atoms with E-state index in [9.17, 15) is 4.79 Å². The van der Waals surface area contributed by atoms with Crippen molar-refractivity contribution >= 4 is 11.7 Å². The van der Waals surface area contributed by atoms with Gasteiger partial charge in [0.25, 0.3) is 0 Å². The van der Waals surface area contributed by atoms with Crippen LogP contribution in [-0.4, -0.2) is 25.6 Å². The number of carboxylic acids is 1. The first-order valence-corrected chi connectivity index (χ1v) is 4.58. The zero-order valence-corrected chi connectivity index (χ0v) is 8.58. The van der Waals surface area contributed by atoms with E-state index in [-0.39, 0.29) is 5.56 Å². The number of nitrogen functional groups attached to an aromatic ring is 1. The topological polar surface area (TPSA) is 94.0 Å². The van der Waals surface area contributed by atoms with Gasteiger partial charge in [-0.2, -0.15) is 0 Å². The number of carbonyl (C=O) groups is 1. The van der Waals surface area contributed by atoms with Crippen LogP contribution in [0.1, 0.15) is 16.2 Å². The maximum Gasteiger partial charge on any atom is 0.337 e. The summed E-state index contributed by atoms with van der Waals surface area (Å²) in [5.41, 5.74) is 6.12. The lowest BCUT2D eigenvalue weighted by molar-refractivity contribution is 0.0696. The Kier molecular flexibility index (Phi) is 2.32. The summed E-state index contributed by atoms with van der Waals surface area (Å²) in [5, 5.41) is 8.77. The summed E-state index contributed by atoms with van der Waals surface area (Å²) in [6, 6.07) is 1.38. The number of hydrogen-bond donors (Lipinski definition) is 2. The molecule has 0 fully saturated rings.